The summed E-state index contributed by atoms with van der Waals surface area (Å²) in [4.78, 5) is 30.2. The quantitative estimate of drug-likeness (QED) is 0.410. The number of piperidine rings is 1. The molecule has 1 saturated heterocycles. The van der Waals surface area contributed by atoms with Gasteiger partial charge in [0.1, 0.15) is 5.82 Å². The summed E-state index contributed by atoms with van der Waals surface area (Å²) in [7, 11) is 1.82. The molecule has 2 amide bonds. The van der Waals surface area contributed by atoms with Gasteiger partial charge >= 0.3 is 0 Å². The van der Waals surface area contributed by atoms with Crippen molar-refractivity contribution in [3.05, 3.63) is 59.7 Å². The molecule has 2 heterocycles. The maximum atomic E-state index is 15.2. The minimum absolute atomic E-state index is 0.0157. The number of anilines is 2. The number of hydrogen-bond donors (Lipinski definition) is 3. The van der Waals surface area contributed by atoms with Gasteiger partial charge in [-0.3, -0.25) is 9.59 Å². The number of halogens is 1. The summed E-state index contributed by atoms with van der Waals surface area (Å²) < 4.78 is 19.4. The molecule has 3 N–H and O–H groups in total. The highest BCUT2D eigenvalue weighted by molar-refractivity contribution is 7.09. The Morgan fingerprint density at radius 2 is 2.00 bits per heavy atom. The largest absolute Gasteiger partial charge is 0.363 e. The van der Waals surface area contributed by atoms with Crippen molar-refractivity contribution in [2.75, 3.05) is 30.4 Å². The highest BCUT2D eigenvalue weighted by Crippen LogP contribution is 2.50. The van der Waals surface area contributed by atoms with Crippen molar-refractivity contribution in [2.24, 2.45) is 17.8 Å². The van der Waals surface area contributed by atoms with E-state index in [1.807, 2.05) is 37.4 Å². The van der Waals surface area contributed by atoms with Gasteiger partial charge in [0.2, 0.25) is 16.9 Å². The van der Waals surface area contributed by atoms with Crippen molar-refractivity contribution < 1.29 is 14.0 Å². The Labute approximate surface area is 213 Å². The van der Waals surface area contributed by atoms with Crippen LogP contribution in [-0.4, -0.2) is 41.3 Å². The molecule has 2 aliphatic rings. The molecule has 188 valence electrons. The Kier molecular flexibility index (Phi) is 6.97. The van der Waals surface area contributed by atoms with Gasteiger partial charge in [0.15, 0.2) is 5.82 Å². The van der Waals surface area contributed by atoms with E-state index in [4.69, 9.17) is 0 Å². The molecule has 0 bridgehead atoms. The molecule has 1 saturated carbocycles. The topological polar surface area (TPSA) is 99.3 Å². The van der Waals surface area contributed by atoms with Crippen molar-refractivity contribution in [3.8, 4) is 11.1 Å². The van der Waals surface area contributed by atoms with E-state index in [1.54, 1.807) is 11.0 Å². The first-order valence-corrected chi connectivity index (χ1v) is 12.9. The van der Waals surface area contributed by atoms with Gasteiger partial charge in [-0.25, -0.2) is 9.37 Å². The predicted molar refractivity (Wildman–Crippen MR) is 138 cm³/mol. The smallest absolute Gasteiger partial charge is 0.230 e. The first-order valence-electron chi connectivity index (χ1n) is 12.1. The SMILES string of the molecule is CNc1nc(CNCc2ccc(-c3ccc(N4CC(CNC(C)=O)C5C[C@@H]5C4=O)cc3F)cc2)ns1. The summed E-state index contributed by atoms with van der Waals surface area (Å²) >= 11 is 1.33. The van der Waals surface area contributed by atoms with E-state index in [-0.39, 0.29) is 29.5 Å². The van der Waals surface area contributed by atoms with Crippen LogP contribution in [-0.2, 0) is 22.7 Å². The second-order valence-corrected chi connectivity index (χ2v) is 10.1. The Morgan fingerprint density at radius 3 is 2.69 bits per heavy atom. The molecule has 8 nitrogen and oxygen atoms in total. The van der Waals surface area contributed by atoms with E-state index in [9.17, 15) is 9.59 Å². The Morgan fingerprint density at radius 1 is 1.19 bits per heavy atom. The summed E-state index contributed by atoms with van der Waals surface area (Å²) in [5.41, 5.74) is 2.91. The molecule has 0 spiro atoms. The van der Waals surface area contributed by atoms with Crippen molar-refractivity contribution in [1.82, 2.24) is 20.0 Å². The van der Waals surface area contributed by atoms with Crippen LogP contribution < -0.4 is 20.9 Å². The van der Waals surface area contributed by atoms with Gasteiger partial charge in [-0.15, -0.1) is 0 Å². The molecule has 3 aromatic rings. The van der Waals surface area contributed by atoms with Crippen LogP contribution in [0.15, 0.2) is 42.5 Å². The monoisotopic (exact) mass is 508 g/mol. The maximum Gasteiger partial charge on any atom is 0.230 e. The van der Waals surface area contributed by atoms with Gasteiger partial charge in [0.05, 0.1) is 6.54 Å². The summed E-state index contributed by atoms with van der Waals surface area (Å²) in [5, 5.41) is 9.95. The lowest BCUT2D eigenvalue weighted by molar-refractivity contribution is -0.121. The molecule has 2 aromatic carbocycles. The molecule has 1 aliphatic heterocycles. The first kappa shape index (κ1) is 24.3. The van der Waals surface area contributed by atoms with Gasteiger partial charge in [-0.05, 0) is 47.6 Å². The van der Waals surface area contributed by atoms with E-state index in [0.717, 1.165) is 28.5 Å². The Bertz CT molecular complexity index is 1260. The molecule has 1 aromatic heterocycles. The predicted octanol–water partition coefficient (Wildman–Crippen LogP) is 3.41. The lowest BCUT2D eigenvalue weighted by Crippen LogP contribution is -2.45. The van der Waals surface area contributed by atoms with E-state index in [0.29, 0.717) is 43.3 Å². The molecule has 1 aliphatic carbocycles. The van der Waals surface area contributed by atoms with E-state index < -0.39 is 0 Å². The number of nitrogens with one attached hydrogen (secondary N) is 3. The number of hydrogen-bond acceptors (Lipinski definition) is 7. The number of aromatic nitrogens is 2. The van der Waals surface area contributed by atoms with Crippen molar-refractivity contribution >= 4 is 34.2 Å². The van der Waals surface area contributed by atoms with Gasteiger partial charge < -0.3 is 20.9 Å². The fourth-order valence-electron chi connectivity index (χ4n) is 4.86. The van der Waals surface area contributed by atoms with E-state index in [1.165, 1.54) is 24.5 Å². The molecule has 3 atom stereocenters. The average Bonchev–Trinajstić information content (AvgIpc) is 3.56. The van der Waals surface area contributed by atoms with Gasteiger partial charge in [-0.2, -0.15) is 4.37 Å². The number of carbonyl (C=O) groups excluding carboxylic acids is 2. The number of nitrogens with zero attached hydrogens (tertiary/aromatic N) is 3. The number of rotatable bonds is 9. The van der Waals surface area contributed by atoms with Gasteiger partial charge in [0, 0.05) is 62.3 Å². The van der Waals surface area contributed by atoms with Crippen LogP contribution in [0.25, 0.3) is 11.1 Å². The van der Waals surface area contributed by atoms with Crippen molar-refractivity contribution in [1.29, 1.82) is 0 Å². The van der Waals surface area contributed by atoms with Crippen LogP contribution in [0.1, 0.15) is 24.7 Å². The normalized spacial score (nSPS) is 20.7. The third kappa shape index (κ3) is 5.24. The van der Waals surface area contributed by atoms with Crippen LogP contribution in [0.3, 0.4) is 0 Å². The standard InChI is InChI=1S/C26H29FN6O2S/c1-15(34)30-12-18-14-33(25(35)22-10-21(18)22)19-7-8-20(23(27)9-19)17-5-3-16(4-6-17)11-29-13-24-31-26(28-2)36-32-24/h3-9,18,21-22,29H,10-14H2,1-2H3,(H,30,34)(H,28,31,32)/t18?,21?,22-/m0/s1. The zero-order chi connectivity index (χ0) is 25.2. The summed E-state index contributed by atoms with van der Waals surface area (Å²) in [6.45, 7) is 3.74. The molecule has 10 heteroatoms. The number of carbonyl (C=O) groups is 2. The summed E-state index contributed by atoms with van der Waals surface area (Å²) in [5.74, 6) is 0.855. The molecule has 2 fully saturated rings. The minimum Gasteiger partial charge on any atom is -0.363 e. The third-order valence-corrected chi connectivity index (χ3v) is 7.65. The highest BCUT2D eigenvalue weighted by atomic mass is 32.1. The molecular weight excluding hydrogens is 479 g/mol. The molecule has 36 heavy (non-hydrogen) atoms. The lowest BCUT2D eigenvalue weighted by Gasteiger charge is -2.32. The maximum absolute atomic E-state index is 15.2. The fourth-order valence-corrected chi connectivity index (χ4v) is 5.39. The lowest BCUT2D eigenvalue weighted by atomic mass is 9.95. The van der Waals surface area contributed by atoms with Crippen LogP contribution in [0, 0.1) is 23.6 Å². The second-order valence-electron chi connectivity index (χ2n) is 9.38. The average molecular weight is 509 g/mol. The Balaban J connectivity index is 1.22. The summed E-state index contributed by atoms with van der Waals surface area (Å²) in [6.07, 6.45) is 0.846. The molecule has 0 radical (unpaired) electrons. The van der Waals surface area contributed by atoms with Crippen molar-refractivity contribution in [2.45, 2.75) is 26.4 Å². The van der Waals surface area contributed by atoms with E-state index in [2.05, 4.69) is 25.3 Å². The third-order valence-electron chi connectivity index (χ3n) is 6.88. The molecule has 2 unspecified atom stereocenters. The van der Waals surface area contributed by atoms with Crippen molar-refractivity contribution in [3.63, 3.8) is 0 Å². The Hall–Kier alpha value is -3.37. The minimum atomic E-state index is -0.363. The summed E-state index contributed by atoms with van der Waals surface area (Å²) in [6, 6.07) is 12.7. The van der Waals surface area contributed by atoms with Crippen LogP contribution >= 0.6 is 11.5 Å². The molecule has 5 rings (SSSR count). The molecular formula is C26H29FN6O2S. The highest BCUT2D eigenvalue weighted by Gasteiger charge is 2.53. The van der Waals surface area contributed by atoms with Crippen LogP contribution in [0.2, 0.25) is 0 Å². The second kappa shape index (κ2) is 10.3. The number of benzene rings is 2. The first-order chi connectivity index (χ1) is 17.4. The number of amides is 2. The van der Waals surface area contributed by atoms with E-state index >= 15 is 4.39 Å². The zero-order valence-corrected chi connectivity index (χ0v) is 21.1. The number of fused-ring (bicyclic) bond motifs is 1. The van der Waals surface area contributed by atoms with Gasteiger partial charge in [0.25, 0.3) is 0 Å². The fraction of sp³-hybridized carbons (Fsp3) is 0.385. The van der Waals surface area contributed by atoms with Crippen LogP contribution in [0.4, 0.5) is 15.2 Å². The zero-order valence-electron chi connectivity index (χ0n) is 20.3. The van der Waals surface area contributed by atoms with Gasteiger partial charge in [-0.1, -0.05) is 24.3 Å². The van der Waals surface area contributed by atoms with Crippen LogP contribution in [0.5, 0.6) is 0 Å².